The van der Waals surface area contributed by atoms with Gasteiger partial charge in [-0.1, -0.05) is 13.8 Å². The second kappa shape index (κ2) is 7.90. The maximum Gasteiger partial charge on any atom is 0.414 e. The molecule has 1 aliphatic heterocycles. The van der Waals surface area contributed by atoms with Crippen LogP contribution in [0.5, 0.6) is 11.5 Å². The van der Waals surface area contributed by atoms with Gasteiger partial charge in [0.05, 0.1) is 33.0 Å². The number of ether oxygens (including phenoxy) is 3. The summed E-state index contributed by atoms with van der Waals surface area (Å²) in [6.07, 6.45) is -0.355. The van der Waals surface area contributed by atoms with Gasteiger partial charge in [-0.15, -0.1) is 0 Å². The maximum atomic E-state index is 12.1. The van der Waals surface area contributed by atoms with Crippen molar-refractivity contribution in [2.75, 3.05) is 32.2 Å². The Morgan fingerprint density at radius 2 is 2.04 bits per heavy atom. The first kappa shape index (κ1) is 17.9. The Hall–Kier alpha value is -2.44. The first-order valence-corrected chi connectivity index (χ1v) is 7.91. The van der Waals surface area contributed by atoms with E-state index in [0.717, 1.165) is 0 Å². The van der Waals surface area contributed by atoms with Crippen LogP contribution in [0.15, 0.2) is 18.2 Å². The number of hydrogen-bond donors (Lipinski definition) is 1. The lowest BCUT2D eigenvalue weighted by molar-refractivity contribution is -0.122. The van der Waals surface area contributed by atoms with Crippen molar-refractivity contribution in [2.24, 2.45) is 5.92 Å². The average Bonchev–Trinajstić information content (AvgIpc) is 2.92. The zero-order valence-electron chi connectivity index (χ0n) is 14.5. The predicted octanol–water partition coefficient (Wildman–Crippen LogP) is 2.19. The van der Waals surface area contributed by atoms with Gasteiger partial charge in [-0.05, 0) is 18.1 Å². The van der Waals surface area contributed by atoms with Crippen LogP contribution in [0.25, 0.3) is 0 Å². The molecule has 1 aromatic rings. The number of amides is 2. The summed E-state index contributed by atoms with van der Waals surface area (Å²) in [6.45, 7) is 4.64. The molecule has 1 aliphatic rings. The van der Waals surface area contributed by atoms with Crippen LogP contribution >= 0.6 is 0 Å². The number of benzene rings is 1. The molecule has 0 spiro atoms. The summed E-state index contributed by atoms with van der Waals surface area (Å²) >= 11 is 0. The molecule has 7 heteroatoms. The monoisotopic (exact) mass is 336 g/mol. The summed E-state index contributed by atoms with van der Waals surface area (Å²) in [5.74, 6) is 1.38. The van der Waals surface area contributed by atoms with E-state index >= 15 is 0 Å². The van der Waals surface area contributed by atoms with Crippen molar-refractivity contribution in [2.45, 2.75) is 26.4 Å². The number of hydrogen-bond acceptors (Lipinski definition) is 5. The Labute approximate surface area is 141 Å². The number of carbonyl (C=O) groups is 2. The van der Waals surface area contributed by atoms with E-state index in [-0.39, 0.29) is 12.0 Å². The minimum Gasteiger partial charge on any atom is -0.493 e. The SMILES string of the molecule is COc1ccc(N2CC(CNC(=O)CC(C)C)OC2=O)cc1OC. The highest BCUT2D eigenvalue weighted by Crippen LogP contribution is 2.33. The molecule has 0 saturated carbocycles. The van der Waals surface area contributed by atoms with Gasteiger partial charge in [0.25, 0.3) is 0 Å². The van der Waals surface area contributed by atoms with Crippen LogP contribution in [0.4, 0.5) is 10.5 Å². The number of rotatable bonds is 7. The fourth-order valence-corrected chi connectivity index (χ4v) is 2.50. The zero-order valence-corrected chi connectivity index (χ0v) is 14.5. The Balaban J connectivity index is 1.98. The number of nitrogens with zero attached hydrogens (tertiary/aromatic N) is 1. The Morgan fingerprint density at radius 1 is 1.33 bits per heavy atom. The van der Waals surface area contributed by atoms with Gasteiger partial charge in [0.15, 0.2) is 11.5 Å². The molecule has 1 saturated heterocycles. The normalized spacial score (nSPS) is 17.0. The quantitative estimate of drug-likeness (QED) is 0.826. The summed E-state index contributed by atoms with van der Waals surface area (Å²) < 4.78 is 15.8. The summed E-state index contributed by atoms with van der Waals surface area (Å²) in [6, 6.07) is 5.22. The topological polar surface area (TPSA) is 77.1 Å². The molecule has 1 heterocycles. The highest BCUT2D eigenvalue weighted by Gasteiger charge is 2.33. The predicted molar refractivity (Wildman–Crippen MR) is 89.6 cm³/mol. The average molecular weight is 336 g/mol. The van der Waals surface area contributed by atoms with Gasteiger partial charge in [0, 0.05) is 12.5 Å². The van der Waals surface area contributed by atoms with E-state index in [1.807, 2.05) is 13.8 Å². The second-order valence-corrected chi connectivity index (χ2v) is 6.06. The van der Waals surface area contributed by atoms with E-state index in [1.54, 1.807) is 25.3 Å². The lowest BCUT2D eigenvalue weighted by atomic mass is 10.1. The minimum absolute atomic E-state index is 0.0365. The number of cyclic esters (lactones) is 1. The largest absolute Gasteiger partial charge is 0.493 e. The first-order chi connectivity index (χ1) is 11.4. The maximum absolute atomic E-state index is 12.1. The molecule has 0 bridgehead atoms. The van der Waals surface area contributed by atoms with Crippen LogP contribution in [0.1, 0.15) is 20.3 Å². The summed E-state index contributed by atoms with van der Waals surface area (Å²) in [7, 11) is 3.09. The highest BCUT2D eigenvalue weighted by molar-refractivity contribution is 5.90. The third-order valence-electron chi connectivity index (χ3n) is 3.67. The molecule has 1 fully saturated rings. The molecule has 1 atom stereocenters. The number of carbonyl (C=O) groups excluding carboxylic acids is 2. The molecule has 0 radical (unpaired) electrons. The van der Waals surface area contributed by atoms with Crippen LogP contribution in [0.2, 0.25) is 0 Å². The molecular formula is C17H24N2O5. The molecular weight excluding hydrogens is 312 g/mol. The third kappa shape index (κ3) is 4.31. The molecule has 1 unspecified atom stereocenters. The van der Waals surface area contributed by atoms with Gasteiger partial charge < -0.3 is 19.5 Å². The first-order valence-electron chi connectivity index (χ1n) is 7.91. The molecule has 2 rings (SSSR count). The van der Waals surface area contributed by atoms with Gasteiger partial charge in [-0.2, -0.15) is 0 Å². The van der Waals surface area contributed by atoms with Crippen LogP contribution in [0, 0.1) is 5.92 Å². The van der Waals surface area contributed by atoms with Gasteiger partial charge in [-0.25, -0.2) is 4.79 Å². The molecule has 132 valence electrons. The van der Waals surface area contributed by atoms with E-state index in [4.69, 9.17) is 14.2 Å². The van der Waals surface area contributed by atoms with Crippen molar-refractivity contribution in [1.29, 1.82) is 0 Å². The summed E-state index contributed by atoms with van der Waals surface area (Å²) in [5, 5.41) is 2.80. The van der Waals surface area contributed by atoms with Crippen molar-refractivity contribution in [3.05, 3.63) is 18.2 Å². The van der Waals surface area contributed by atoms with Gasteiger partial charge >= 0.3 is 6.09 Å². The van der Waals surface area contributed by atoms with E-state index in [1.165, 1.54) is 12.0 Å². The smallest absolute Gasteiger partial charge is 0.414 e. The zero-order chi connectivity index (χ0) is 17.7. The van der Waals surface area contributed by atoms with E-state index in [2.05, 4.69) is 5.32 Å². The van der Waals surface area contributed by atoms with Crippen molar-refractivity contribution in [1.82, 2.24) is 5.32 Å². The van der Waals surface area contributed by atoms with Gasteiger partial charge in [0.1, 0.15) is 6.10 Å². The van der Waals surface area contributed by atoms with Crippen molar-refractivity contribution in [3.8, 4) is 11.5 Å². The fraction of sp³-hybridized carbons (Fsp3) is 0.529. The lowest BCUT2D eigenvalue weighted by Crippen LogP contribution is -2.35. The van der Waals surface area contributed by atoms with E-state index < -0.39 is 6.09 Å². The van der Waals surface area contributed by atoms with Crippen LogP contribution < -0.4 is 19.7 Å². The Kier molecular flexibility index (Phi) is 5.89. The molecule has 0 aromatic heterocycles. The minimum atomic E-state index is -0.440. The number of methoxy groups -OCH3 is 2. The summed E-state index contributed by atoms with van der Waals surface area (Å²) in [5.41, 5.74) is 0.661. The molecule has 0 aliphatic carbocycles. The van der Waals surface area contributed by atoms with Crippen molar-refractivity contribution < 1.29 is 23.8 Å². The van der Waals surface area contributed by atoms with Crippen LogP contribution in [-0.2, 0) is 9.53 Å². The molecule has 7 nitrogen and oxygen atoms in total. The van der Waals surface area contributed by atoms with Crippen LogP contribution in [-0.4, -0.2) is 45.4 Å². The molecule has 1 aromatic carbocycles. The lowest BCUT2D eigenvalue weighted by Gasteiger charge is -2.16. The molecule has 2 amide bonds. The second-order valence-electron chi connectivity index (χ2n) is 6.06. The van der Waals surface area contributed by atoms with Crippen molar-refractivity contribution in [3.63, 3.8) is 0 Å². The number of anilines is 1. The van der Waals surface area contributed by atoms with Gasteiger partial charge in [-0.3, -0.25) is 9.69 Å². The van der Waals surface area contributed by atoms with E-state index in [0.29, 0.717) is 42.6 Å². The molecule has 1 N–H and O–H groups in total. The standard InChI is InChI=1S/C17H24N2O5/c1-11(2)7-16(20)18-9-13-10-19(17(21)24-13)12-5-6-14(22-3)15(8-12)23-4/h5-6,8,11,13H,7,9-10H2,1-4H3,(H,18,20). The Bertz CT molecular complexity index is 603. The highest BCUT2D eigenvalue weighted by atomic mass is 16.6. The van der Waals surface area contributed by atoms with Gasteiger partial charge in [0.2, 0.25) is 5.91 Å². The van der Waals surface area contributed by atoms with Crippen LogP contribution in [0.3, 0.4) is 0 Å². The van der Waals surface area contributed by atoms with Crippen molar-refractivity contribution >= 4 is 17.7 Å². The number of nitrogens with one attached hydrogen (secondary N) is 1. The molecule has 24 heavy (non-hydrogen) atoms. The Morgan fingerprint density at radius 3 is 2.67 bits per heavy atom. The summed E-state index contributed by atoms with van der Waals surface area (Å²) in [4.78, 5) is 25.3. The third-order valence-corrected chi connectivity index (χ3v) is 3.67. The fourth-order valence-electron chi connectivity index (χ4n) is 2.50. The van der Waals surface area contributed by atoms with E-state index in [9.17, 15) is 9.59 Å².